The van der Waals surface area contributed by atoms with E-state index in [1.807, 2.05) is 19.9 Å². The number of hydrogen-bond acceptors (Lipinski definition) is 4. The molecule has 0 spiro atoms. The number of ether oxygens (including phenoxy) is 1. The van der Waals surface area contributed by atoms with Gasteiger partial charge in [-0.3, -0.25) is 9.89 Å². The fraction of sp³-hybridized carbons (Fsp3) is 0.682. The van der Waals surface area contributed by atoms with E-state index in [0.29, 0.717) is 24.3 Å². The van der Waals surface area contributed by atoms with Crippen LogP contribution in [0, 0.1) is 11.7 Å². The molecular formula is C22H36FN5O. The standard InChI is InChI=1S/C22H36FN5O/c1-5-24-22(25-13-19-14-27(3)10-11-28(19)4)26-16(2)18-8-9-21(20(23)12-18)29-15-17-6-7-17/h8-9,12,16-17,19H,5-7,10-11,13-15H2,1-4H3,(H2,24,25,26). The van der Waals surface area contributed by atoms with Crippen molar-refractivity contribution in [3.8, 4) is 5.75 Å². The van der Waals surface area contributed by atoms with Crippen LogP contribution in [0.25, 0.3) is 0 Å². The molecule has 3 rings (SSSR count). The van der Waals surface area contributed by atoms with Gasteiger partial charge in [0.15, 0.2) is 17.5 Å². The Hall–Kier alpha value is -1.86. The van der Waals surface area contributed by atoms with E-state index in [2.05, 4.69) is 34.5 Å². The first kappa shape index (κ1) is 21.8. The predicted molar refractivity (Wildman–Crippen MR) is 116 cm³/mol. The van der Waals surface area contributed by atoms with E-state index in [1.165, 1.54) is 12.8 Å². The summed E-state index contributed by atoms with van der Waals surface area (Å²) >= 11 is 0. The molecule has 6 nitrogen and oxygen atoms in total. The molecular weight excluding hydrogens is 369 g/mol. The monoisotopic (exact) mass is 405 g/mol. The summed E-state index contributed by atoms with van der Waals surface area (Å²) in [5.41, 5.74) is 0.876. The highest BCUT2D eigenvalue weighted by Gasteiger charge is 2.23. The topological polar surface area (TPSA) is 52.1 Å². The van der Waals surface area contributed by atoms with Crippen molar-refractivity contribution in [3.63, 3.8) is 0 Å². The summed E-state index contributed by atoms with van der Waals surface area (Å²) in [4.78, 5) is 9.50. The third-order valence-electron chi connectivity index (χ3n) is 5.77. The zero-order valence-electron chi connectivity index (χ0n) is 18.2. The second-order valence-corrected chi connectivity index (χ2v) is 8.43. The third-order valence-corrected chi connectivity index (χ3v) is 5.77. The third kappa shape index (κ3) is 6.57. The number of halogens is 1. The SMILES string of the molecule is CCNC(=NCC1CN(C)CCN1C)NC(C)c1ccc(OCC2CC2)c(F)c1. The van der Waals surface area contributed by atoms with E-state index < -0.39 is 0 Å². The molecule has 0 bridgehead atoms. The normalized spacial score (nSPS) is 22.4. The van der Waals surface area contributed by atoms with Gasteiger partial charge >= 0.3 is 0 Å². The van der Waals surface area contributed by atoms with Crippen molar-refractivity contribution in [2.45, 2.75) is 38.8 Å². The molecule has 2 fully saturated rings. The Morgan fingerprint density at radius 2 is 2.10 bits per heavy atom. The molecule has 2 unspecified atom stereocenters. The van der Waals surface area contributed by atoms with Crippen LogP contribution in [-0.4, -0.2) is 75.2 Å². The van der Waals surface area contributed by atoms with E-state index in [0.717, 1.165) is 44.2 Å². The summed E-state index contributed by atoms with van der Waals surface area (Å²) in [7, 11) is 4.31. The van der Waals surface area contributed by atoms with E-state index >= 15 is 0 Å². The average Bonchev–Trinajstić information content (AvgIpc) is 3.52. The lowest BCUT2D eigenvalue weighted by atomic mass is 10.1. The minimum Gasteiger partial charge on any atom is -0.490 e. The van der Waals surface area contributed by atoms with Gasteiger partial charge in [0.1, 0.15) is 0 Å². The van der Waals surface area contributed by atoms with Crippen LogP contribution in [0.15, 0.2) is 23.2 Å². The summed E-state index contributed by atoms with van der Waals surface area (Å²) in [6, 6.07) is 5.57. The van der Waals surface area contributed by atoms with Gasteiger partial charge in [-0.05, 0) is 64.4 Å². The first-order valence-electron chi connectivity index (χ1n) is 10.8. The minimum absolute atomic E-state index is 0.0634. The molecule has 2 N–H and O–H groups in total. The molecule has 0 aromatic heterocycles. The molecule has 2 aliphatic rings. The second kappa shape index (κ2) is 10.3. The molecule has 2 atom stereocenters. The van der Waals surface area contributed by atoms with E-state index in [4.69, 9.17) is 9.73 Å². The molecule has 29 heavy (non-hydrogen) atoms. The van der Waals surface area contributed by atoms with Crippen LogP contribution in [0.1, 0.15) is 38.3 Å². The van der Waals surface area contributed by atoms with Gasteiger partial charge < -0.3 is 20.3 Å². The van der Waals surface area contributed by atoms with Gasteiger partial charge in [-0.2, -0.15) is 0 Å². The summed E-state index contributed by atoms with van der Waals surface area (Å²) in [6.45, 7) is 9.37. The molecule has 1 saturated heterocycles. The van der Waals surface area contributed by atoms with Gasteiger partial charge in [0.05, 0.1) is 19.2 Å². The van der Waals surface area contributed by atoms with Crippen LogP contribution in [-0.2, 0) is 0 Å². The molecule has 1 aromatic rings. The smallest absolute Gasteiger partial charge is 0.191 e. The number of nitrogens with zero attached hydrogens (tertiary/aromatic N) is 3. The molecule has 1 aliphatic carbocycles. The van der Waals surface area contributed by atoms with Gasteiger partial charge in [0.25, 0.3) is 0 Å². The lowest BCUT2D eigenvalue weighted by Crippen LogP contribution is -2.51. The molecule has 1 saturated carbocycles. The average molecular weight is 406 g/mol. The Labute approximate surface area is 174 Å². The van der Waals surface area contributed by atoms with Gasteiger partial charge in [0, 0.05) is 32.2 Å². The fourth-order valence-electron chi connectivity index (χ4n) is 3.50. The second-order valence-electron chi connectivity index (χ2n) is 8.43. The number of guanidine groups is 1. The van der Waals surface area contributed by atoms with Crippen LogP contribution in [0.4, 0.5) is 4.39 Å². The highest BCUT2D eigenvalue weighted by Crippen LogP contribution is 2.30. The predicted octanol–water partition coefficient (Wildman–Crippen LogP) is 2.48. The molecule has 1 heterocycles. The highest BCUT2D eigenvalue weighted by molar-refractivity contribution is 5.80. The number of hydrogen-bond donors (Lipinski definition) is 2. The van der Waals surface area contributed by atoms with Gasteiger partial charge in [-0.1, -0.05) is 6.07 Å². The zero-order valence-corrected chi connectivity index (χ0v) is 18.2. The van der Waals surface area contributed by atoms with Crippen molar-refractivity contribution in [1.29, 1.82) is 0 Å². The van der Waals surface area contributed by atoms with Crippen molar-refractivity contribution in [1.82, 2.24) is 20.4 Å². The number of piperazine rings is 1. The van der Waals surface area contributed by atoms with Gasteiger partial charge in [0.2, 0.25) is 0 Å². The number of rotatable bonds is 8. The maximum atomic E-state index is 14.4. The number of likely N-dealkylation sites (N-methyl/N-ethyl adjacent to an activating group) is 2. The van der Waals surface area contributed by atoms with Crippen LogP contribution < -0.4 is 15.4 Å². The van der Waals surface area contributed by atoms with E-state index in [-0.39, 0.29) is 11.9 Å². The summed E-state index contributed by atoms with van der Waals surface area (Å²) in [5, 5.41) is 6.71. The Morgan fingerprint density at radius 3 is 2.79 bits per heavy atom. The highest BCUT2D eigenvalue weighted by atomic mass is 19.1. The first-order chi connectivity index (χ1) is 14.0. The maximum absolute atomic E-state index is 14.4. The Balaban J connectivity index is 1.59. The minimum atomic E-state index is -0.300. The lowest BCUT2D eigenvalue weighted by Gasteiger charge is -2.37. The summed E-state index contributed by atoms with van der Waals surface area (Å²) in [6.07, 6.45) is 2.39. The summed E-state index contributed by atoms with van der Waals surface area (Å²) in [5.74, 6) is 1.41. The van der Waals surface area contributed by atoms with Crippen molar-refractivity contribution < 1.29 is 9.13 Å². The molecule has 0 amide bonds. The van der Waals surface area contributed by atoms with Crippen molar-refractivity contribution >= 4 is 5.96 Å². The van der Waals surface area contributed by atoms with E-state index in [9.17, 15) is 4.39 Å². The Morgan fingerprint density at radius 1 is 1.31 bits per heavy atom. The quantitative estimate of drug-likeness (QED) is 0.514. The fourth-order valence-corrected chi connectivity index (χ4v) is 3.50. The number of nitrogens with one attached hydrogen (secondary N) is 2. The van der Waals surface area contributed by atoms with Crippen LogP contribution in [0.3, 0.4) is 0 Å². The van der Waals surface area contributed by atoms with Crippen LogP contribution in [0.5, 0.6) is 5.75 Å². The zero-order chi connectivity index (χ0) is 20.8. The molecule has 162 valence electrons. The molecule has 1 aromatic carbocycles. The number of benzene rings is 1. The largest absolute Gasteiger partial charge is 0.490 e. The van der Waals surface area contributed by atoms with Crippen molar-refractivity contribution in [2.24, 2.45) is 10.9 Å². The Bertz CT molecular complexity index is 694. The first-order valence-corrected chi connectivity index (χ1v) is 10.8. The van der Waals surface area contributed by atoms with Crippen molar-refractivity contribution in [2.75, 3.05) is 53.4 Å². The van der Waals surface area contributed by atoms with Gasteiger partial charge in [-0.25, -0.2) is 4.39 Å². The lowest BCUT2D eigenvalue weighted by molar-refractivity contribution is 0.119. The van der Waals surface area contributed by atoms with Crippen LogP contribution in [0.2, 0.25) is 0 Å². The molecule has 1 aliphatic heterocycles. The maximum Gasteiger partial charge on any atom is 0.191 e. The molecule has 7 heteroatoms. The molecule has 0 radical (unpaired) electrons. The van der Waals surface area contributed by atoms with Crippen LogP contribution >= 0.6 is 0 Å². The van der Waals surface area contributed by atoms with E-state index in [1.54, 1.807) is 12.1 Å². The van der Waals surface area contributed by atoms with Crippen molar-refractivity contribution in [3.05, 3.63) is 29.6 Å². The number of aliphatic imine (C=N–C) groups is 1. The Kier molecular flexibility index (Phi) is 7.72. The summed E-state index contributed by atoms with van der Waals surface area (Å²) < 4.78 is 20.0. The van der Waals surface area contributed by atoms with Gasteiger partial charge in [-0.15, -0.1) is 0 Å².